The number of carboxylic acids is 1. The lowest BCUT2D eigenvalue weighted by Gasteiger charge is -2.34. The summed E-state index contributed by atoms with van der Waals surface area (Å²) in [6.07, 6.45) is 62.9. The van der Waals surface area contributed by atoms with Gasteiger partial charge in [-0.05, 0) is 89.9 Å². The van der Waals surface area contributed by atoms with Crippen molar-refractivity contribution < 1.29 is 38.2 Å². The van der Waals surface area contributed by atoms with Gasteiger partial charge in [0.15, 0.2) is 6.10 Å². The normalized spacial score (nSPS) is 13.7. The number of hydrogen-bond acceptors (Lipinski definition) is 7. The highest BCUT2D eigenvalue weighted by atomic mass is 16.6. The molecule has 0 N–H and O–H groups in total. The van der Waals surface area contributed by atoms with Crippen molar-refractivity contribution in [3.8, 4) is 0 Å². The SMILES string of the molecule is CC/C=C/C/C=C/C/C=C/C/C=C/C/C=C/C/C=C/CCCCC(=O)OC(COCCC(C(=O)[O-])[N+](C)(C)C)COC(=O)CCCCCCCCCCCC/C=C/C=C/CCCCCC. The number of nitrogens with zero attached hydrogens (tertiary/aromatic N) is 1. The van der Waals surface area contributed by atoms with Gasteiger partial charge in [-0.1, -0.05) is 182 Å². The summed E-state index contributed by atoms with van der Waals surface area (Å²) in [5, 5.41) is 11.7. The second-order valence-electron chi connectivity index (χ2n) is 18.1. The maximum atomic E-state index is 12.8. The van der Waals surface area contributed by atoms with Crippen LogP contribution in [-0.2, 0) is 28.6 Å². The molecule has 0 aliphatic heterocycles. The number of aliphatic carboxylic acids is 1. The first-order valence-electron chi connectivity index (χ1n) is 25.8. The fourth-order valence-corrected chi connectivity index (χ4v) is 7.01. The van der Waals surface area contributed by atoms with E-state index in [1.165, 1.54) is 83.5 Å². The van der Waals surface area contributed by atoms with Gasteiger partial charge in [0.1, 0.15) is 12.6 Å². The molecule has 0 aromatic carbocycles. The average molecular weight is 906 g/mol. The monoisotopic (exact) mass is 906 g/mol. The maximum absolute atomic E-state index is 12.8. The second kappa shape index (κ2) is 46.8. The number of carboxylic acid groups (broad SMARTS) is 1. The van der Waals surface area contributed by atoms with Crippen LogP contribution in [-0.4, -0.2) is 75.5 Å². The first-order chi connectivity index (χ1) is 31.6. The number of ether oxygens (including phenoxy) is 3. The summed E-state index contributed by atoms with van der Waals surface area (Å²) in [5.74, 6) is -1.80. The minimum Gasteiger partial charge on any atom is -0.544 e. The van der Waals surface area contributed by atoms with Crippen LogP contribution in [0.3, 0.4) is 0 Å². The van der Waals surface area contributed by atoms with Gasteiger partial charge in [-0.25, -0.2) is 0 Å². The standard InChI is InChI=1S/C57H95NO7/c1-6-8-10-12-14-16-18-20-22-24-26-28-30-32-34-36-38-40-42-44-46-48-56(60)65-53(51-63-50-49-54(57(61)62)58(3,4)5)52-64-55(59)47-45-43-41-39-37-35-33-31-29-27-25-23-21-19-17-15-13-11-9-7-2/h8,10,14,16-17,19-23,26,28,32,34,38,40,53-54H,6-7,9,11-13,15,18,24-25,27,29-31,33,35-37,39,41-52H2,1-5H3/b10-8+,16-14+,19-17+,22-20+,23-21+,28-26+,34-32+,40-38+. The molecule has 2 unspecified atom stereocenters. The smallest absolute Gasteiger partial charge is 0.306 e. The van der Waals surface area contributed by atoms with Crippen LogP contribution in [0.15, 0.2) is 97.2 Å². The third-order valence-electron chi connectivity index (χ3n) is 11.0. The maximum Gasteiger partial charge on any atom is 0.306 e. The Morgan fingerprint density at radius 3 is 1.40 bits per heavy atom. The molecular formula is C57H95NO7. The third-order valence-corrected chi connectivity index (χ3v) is 11.0. The molecule has 0 radical (unpaired) electrons. The molecule has 370 valence electrons. The van der Waals surface area contributed by atoms with E-state index in [4.69, 9.17) is 14.2 Å². The first-order valence-corrected chi connectivity index (χ1v) is 25.8. The number of rotatable bonds is 45. The fourth-order valence-electron chi connectivity index (χ4n) is 7.01. The minimum absolute atomic E-state index is 0.0163. The van der Waals surface area contributed by atoms with Crippen molar-refractivity contribution in [3.05, 3.63) is 97.2 Å². The number of esters is 2. The summed E-state index contributed by atoms with van der Waals surface area (Å²) in [6, 6.07) is -0.741. The van der Waals surface area contributed by atoms with E-state index in [-0.39, 0.29) is 49.1 Å². The Hall–Kier alpha value is -3.75. The summed E-state index contributed by atoms with van der Waals surface area (Å²) in [4.78, 5) is 37.0. The number of unbranched alkanes of at least 4 members (excludes halogenated alkanes) is 16. The van der Waals surface area contributed by atoms with Gasteiger partial charge >= 0.3 is 11.9 Å². The molecular weight excluding hydrogens is 811 g/mol. The molecule has 0 amide bonds. The largest absolute Gasteiger partial charge is 0.544 e. The molecule has 0 rings (SSSR count). The van der Waals surface area contributed by atoms with Crippen LogP contribution >= 0.6 is 0 Å². The van der Waals surface area contributed by atoms with Gasteiger partial charge in [0.05, 0.1) is 40.3 Å². The Bertz CT molecular complexity index is 1380. The Morgan fingerprint density at radius 2 is 0.908 bits per heavy atom. The van der Waals surface area contributed by atoms with Gasteiger partial charge in [0.25, 0.3) is 0 Å². The second-order valence-corrected chi connectivity index (χ2v) is 18.1. The van der Waals surface area contributed by atoms with Crippen molar-refractivity contribution >= 4 is 17.9 Å². The number of allylic oxidation sites excluding steroid dienone is 16. The van der Waals surface area contributed by atoms with Gasteiger partial charge in [-0.3, -0.25) is 9.59 Å². The fraction of sp³-hybridized carbons (Fsp3) is 0.667. The van der Waals surface area contributed by atoms with Gasteiger partial charge in [0.2, 0.25) is 0 Å². The Kier molecular flexibility index (Phi) is 44.1. The van der Waals surface area contributed by atoms with Crippen LogP contribution in [0.4, 0.5) is 0 Å². The lowest BCUT2D eigenvalue weighted by atomic mass is 10.1. The van der Waals surface area contributed by atoms with Gasteiger partial charge in [-0.15, -0.1) is 0 Å². The molecule has 0 spiro atoms. The van der Waals surface area contributed by atoms with Gasteiger partial charge in [0, 0.05) is 19.3 Å². The molecule has 0 saturated heterocycles. The average Bonchev–Trinajstić information content (AvgIpc) is 3.27. The number of hydrogen-bond donors (Lipinski definition) is 0. The summed E-state index contributed by atoms with van der Waals surface area (Å²) in [6.45, 7) is 4.48. The number of carbonyl (C=O) groups excluding carboxylic acids is 3. The lowest BCUT2D eigenvalue weighted by Crippen LogP contribution is -2.55. The van der Waals surface area contributed by atoms with Crippen LogP contribution in [0.1, 0.15) is 194 Å². The summed E-state index contributed by atoms with van der Waals surface area (Å²) < 4.78 is 17.2. The zero-order valence-electron chi connectivity index (χ0n) is 42.1. The molecule has 0 aromatic rings. The number of quaternary nitrogens is 1. The molecule has 0 aliphatic rings. The molecule has 0 aliphatic carbocycles. The molecule has 0 saturated carbocycles. The lowest BCUT2D eigenvalue weighted by molar-refractivity contribution is -0.889. The Labute approximate surface area is 398 Å². The summed E-state index contributed by atoms with van der Waals surface area (Å²) in [7, 11) is 5.39. The number of likely N-dealkylation sites (N-methyl/N-ethyl adjacent to an activating group) is 1. The van der Waals surface area contributed by atoms with E-state index in [0.29, 0.717) is 12.8 Å². The van der Waals surface area contributed by atoms with Crippen molar-refractivity contribution in [2.75, 3.05) is 41.0 Å². The van der Waals surface area contributed by atoms with Gasteiger partial charge in [-0.2, -0.15) is 0 Å². The molecule has 2 atom stereocenters. The minimum atomic E-state index is -1.14. The van der Waals surface area contributed by atoms with Crippen LogP contribution in [0.2, 0.25) is 0 Å². The Balaban J connectivity index is 4.36. The first kappa shape index (κ1) is 61.2. The quantitative estimate of drug-likeness (QED) is 0.0197. The van der Waals surface area contributed by atoms with Crippen LogP contribution in [0.25, 0.3) is 0 Å². The van der Waals surface area contributed by atoms with E-state index in [2.05, 4.69) is 111 Å². The summed E-state index contributed by atoms with van der Waals surface area (Å²) in [5.41, 5.74) is 0. The predicted molar refractivity (Wildman–Crippen MR) is 272 cm³/mol. The van der Waals surface area contributed by atoms with Crippen LogP contribution in [0.5, 0.6) is 0 Å². The van der Waals surface area contributed by atoms with Crippen LogP contribution in [0, 0.1) is 0 Å². The topological polar surface area (TPSA) is 102 Å². The third kappa shape index (κ3) is 45.2. The van der Waals surface area contributed by atoms with Crippen molar-refractivity contribution in [1.82, 2.24) is 0 Å². The predicted octanol–water partition coefficient (Wildman–Crippen LogP) is 13.7. The molecule has 0 bridgehead atoms. The highest BCUT2D eigenvalue weighted by Crippen LogP contribution is 2.14. The van der Waals surface area contributed by atoms with Gasteiger partial charge < -0.3 is 28.6 Å². The zero-order chi connectivity index (χ0) is 47.7. The van der Waals surface area contributed by atoms with Crippen molar-refractivity contribution in [2.45, 2.75) is 206 Å². The molecule has 0 heterocycles. The van der Waals surface area contributed by atoms with Crippen molar-refractivity contribution in [1.29, 1.82) is 0 Å². The molecule has 0 fully saturated rings. The van der Waals surface area contributed by atoms with Crippen molar-refractivity contribution in [2.24, 2.45) is 0 Å². The van der Waals surface area contributed by atoms with Crippen molar-refractivity contribution in [3.63, 3.8) is 0 Å². The molecule has 8 nitrogen and oxygen atoms in total. The van der Waals surface area contributed by atoms with E-state index in [9.17, 15) is 19.5 Å². The summed E-state index contributed by atoms with van der Waals surface area (Å²) >= 11 is 0. The van der Waals surface area contributed by atoms with E-state index < -0.39 is 18.1 Å². The van der Waals surface area contributed by atoms with E-state index in [0.717, 1.165) is 70.6 Å². The number of carbonyl (C=O) groups is 3. The highest BCUT2D eigenvalue weighted by Gasteiger charge is 2.25. The Morgan fingerprint density at radius 1 is 0.492 bits per heavy atom. The van der Waals surface area contributed by atoms with E-state index >= 15 is 0 Å². The molecule has 8 heteroatoms. The van der Waals surface area contributed by atoms with E-state index in [1.807, 2.05) is 0 Å². The van der Waals surface area contributed by atoms with Crippen LogP contribution < -0.4 is 5.11 Å². The van der Waals surface area contributed by atoms with E-state index in [1.54, 1.807) is 21.1 Å². The molecule has 0 aromatic heterocycles. The molecule has 65 heavy (non-hydrogen) atoms. The highest BCUT2D eigenvalue weighted by molar-refractivity contribution is 5.70. The zero-order valence-corrected chi connectivity index (χ0v) is 42.1.